The minimum atomic E-state index is -0.438. The Kier molecular flexibility index (Phi) is 5.84. The van der Waals surface area contributed by atoms with Crippen LogP contribution in [0.15, 0.2) is 0 Å². The van der Waals surface area contributed by atoms with Gasteiger partial charge in [0.25, 0.3) is 0 Å². The maximum Gasteiger partial charge on any atom is 0.0774 e. The molecule has 2 N–H and O–H groups in total. The molecule has 1 heterocycles. The summed E-state index contributed by atoms with van der Waals surface area (Å²) in [6, 6.07) is 0. The second-order valence-electron chi connectivity index (χ2n) is 7.08. The van der Waals surface area contributed by atoms with Gasteiger partial charge in [-0.25, -0.2) is 0 Å². The summed E-state index contributed by atoms with van der Waals surface area (Å²) in [5.41, 5.74) is -0.203. The number of hydrogen-bond donors (Lipinski definition) is 2. The average molecular weight is 284 g/mol. The normalized spacial score (nSPS) is 29.4. The van der Waals surface area contributed by atoms with Crippen molar-refractivity contribution < 1.29 is 9.84 Å². The third-order valence-corrected chi connectivity index (χ3v) is 4.82. The zero-order valence-electron chi connectivity index (χ0n) is 13.3. The third-order valence-electron chi connectivity index (χ3n) is 4.82. The van der Waals surface area contributed by atoms with Crippen LogP contribution in [0.5, 0.6) is 0 Å². The molecule has 0 spiro atoms. The molecule has 0 bridgehead atoms. The molecule has 1 aliphatic carbocycles. The molecule has 20 heavy (non-hydrogen) atoms. The summed E-state index contributed by atoms with van der Waals surface area (Å²) in [5.74, 6) is 0. The SMILES string of the molecule is CCCNCC1(CN(C)CC2(O)CCCC2)CCOC1. The van der Waals surface area contributed by atoms with Gasteiger partial charge in [-0.05, 0) is 39.3 Å². The molecule has 0 radical (unpaired) electrons. The standard InChI is InChI=1S/C16H32N2O2/c1-3-9-17-11-15(8-10-20-14-15)12-18(2)13-16(19)6-4-5-7-16/h17,19H,3-14H2,1-2H3. The third kappa shape index (κ3) is 4.42. The largest absolute Gasteiger partial charge is 0.389 e. The van der Waals surface area contributed by atoms with Gasteiger partial charge in [0, 0.05) is 31.7 Å². The highest BCUT2D eigenvalue weighted by atomic mass is 16.5. The van der Waals surface area contributed by atoms with E-state index in [-0.39, 0.29) is 5.41 Å². The van der Waals surface area contributed by atoms with Crippen LogP contribution in [-0.4, -0.2) is 62.0 Å². The first-order chi connectivity index (χ1) is 9.58. The van der Waals surface area contributed by atoms with Gasteiger partial charge < -0.3 is 20.1 Å². The van der Waals surface area contributed by atoms with E-state index in [4.69, 9.17) is 4.74 Å². The van der Waals surface area contributed by atoms with Gasteiger partial charge in [0.2, 0.25) is 0 Å². The number of nitrogens with one attached hydrogen (secondary N) is 1. The molecule has 0 aromatic heterocycles. The van der Waals surface area contributed by atoms with Crippen molar-refractivity contribution in [2.24, 2.45) is 5.41 Å². The molecule has 1 saturated carbocycles. The van der Waals surface area contributed by atoms with Crippen molar-refractivity contribution in [3.8, 4) is 0 Å². The fraction of sp³-hybridized carbons (Fsp3) is 1.00. The quantitative estimate of drug-likeness (QED) is 0.665. The Labute approximate surface area is 123 Å². The Morgan fingerprint density at radius 2 is 1.95 bits per heavy atom. The zero-order chi connectivity index (χ0) is 14.5. The van der Waals surface area contributed by atoms with Crippen molar-refractivity contribution >= 4 is 0 Å². The molecule has 4 nitrogen and oxygen atoms in total. The highest BCUT2D eigenvalue weighted by molar-refractivity contribution is 4.91. The number of aliphatic hydroxyl groups is 1. The molecular formula is C16H32N2O2. The minimum Gasteiger partial charge on any atom is -0.389 e. The van der Waals surface area contributed by atoms with Crippen molar-refractivity contribution in [2.45, 2.75) is 51.0 Å². The van der Waals surface area contributed by atoms with Gasteiger partial charge in [0.05, 0.1) is 12.2 Å². The smallest absolute Gasteiger partial charge is 0.0774 e. The lowest BCUT2D eigenvalue weighted by atomic mass is 9.86. The van der Waals surface area contributed by atoms with Crippen LogP contribution in [-0.2, 0) is 4.74 Å². The maximum atomic E-state index is 10.5. The Morgan fingerprint density at radius 3 is 2.55 bits per heavy atom. The topological polar surface area (TPSA) is 44.7 Å². The van der Waals surface area contributed by atoms with Crippen LogP contribution in [0.3, 0.4) is 0 Å². The Morgan fingerprint density at radius 1 is 1.20 bits per heavy atom. The molecule has 0 amide bonds. The summed E-state index contributed by atoms with van der Waals surface area (Å²) in [4.78, 5) is 2.33. The highest BCUT2D eigenvalue weighted by Crippen LogP contribution is 2.33. The summed E-state index contributed by atoms with van der Waals surface area (Å²) < 4.78 is 5.66. The van der Waals surface area contributed by atoms with E-state index < -0.39 is 5.60 Å². The van der Waals surface area contributed by atoms with Crippen LogP contribution >= 0.6 is 0 Å². The van der Waals surface area contributed by atoms with E-state index >= 15 is 0 Å². The predicted molar refractivity (Wildman–Crippen MR) is 81.9 cm³/mol. The van der Waals surface area contributed by atoms with E-state index in [1.54, 1.807) is 0 Å². The van der Waals surface area contributed by atoms with Crippen molar-refractivity contribution in [1.29, 1.82) is 0 Å². The van der Waals surface area contributed by atoms with Crippen molar-refractivity contribution in [3.63, 3.8) is 0 Å². The van der Waals surface area contributed by atoms with Crippen LogP contribution in [0.2, 0.25) is 0 Å². The first-order valence-corrected chi connectivity index (χ1v) is 8.27. The van der Waals surface area contributed by atoms with Crippen LogP contribution < -0.4 is 5.32 Å². The molecule has 1 atom stereocenters. The molecule has 2 rings (SSSR count). The van der Waals surface area contributed by atoms with Gasteiger partial charge in [0.15, 0.2) is 0 Å². The molecule has 1 saturated heterocycles. The van der Waals surface area contributed by atoms with E-state index in [9.17, 15) is 5.11 Å². The molecule has 2 fully saturated rings. The molecule has 118 valence electrons. The van der Waals surface area contributed by atoms with Gasteiger partial charge >= 0.3 is 0 Å². The first-order valence-electron chi connectivity index (χ1n) is 8.27. The summed E-state index contributed by atoms with van der Waals surface area (Å²) >= 11 is 0. The summed E-state index contributed by atoms with van der Waals surface area (Å²) in [6.07, 6.45) is 6.59. The molecule has 0 aromatic carbocycles. The fourth-order valence-corrected chi connectivity index (χ4v) is 3.82. The molecule has 4 heteroatoms. The van der Waals surface area contributed by atoms with Crippen molar-refractivity contribution in [2.75, 3.05) is 46.4 Å². The Balaban J connectivity index is 1.83. The zero-order valence-corrected chi connectivity index (χ0v) is 13.3. The van der Waals surface area contributed by atoms with E-state index in [1.807, 2.05) is 0 Å². The van der Waals surface area contributed by atoms with E-state index in [1.165, 1.54) is 19.3 Å². The predicted octanol–water partition coefficient (Wildman–Crippen LogP) is 1.63. The van der Waals surface area contributed by atoms with Crippen LogP contribution in [0.25, 0.3) is 0 Å². The van der Waals surface area contributed by atoms with Crippen molar-refractivity contribution in [3.05, 3.63) is 0 Å². The summed E-state index contributed by atoms with van der Waals surface area (Å²) in [7, 11) is 2.15. The van der Waals surface area contributed by atoms with Crippen molar-refractivity contribution in [1.82, 2.24) is 10.2 Å². The Bertz CT molecular complexity index is 284. The molecule has 1 aliphatic heterocycles. The van der Waals surface area contributed by atoms with E-state index in [0.29, 0.717) is 0 Å². The summed E-state index contributed by atoms with van der Waals surface area (Å²) in [6.45, 7) is 7.87. The number of rotatable bonds is 8. The van der Waals surface area contributed by atoms with Gasteiger partial charge in [-0.3, -0.25) is 0 Å². The average Bonchev–Trinajstić information content (AvgIpc) is 3.00. The minimum absolute atomic E-state index is 0.235. The lowest BCUT2D eigenvalue weighted by molar-refractivity contribution is 0.00389. The van der Waals surface area contributed by atoms with E-state index in [2.05, 4.69) is 24.2 Å². The highest BCUT2D eigenvalue weighted by Gasteiger charge is 2.38. The van der Waals surface area contributed by atoms with Gasteiger partial charge in [0.1, 0.15) is 0 Å². The lowest BCUT2D eigenvalue weighted by Crippen LogP contribution is -2.48. The molecule has 2 aliphatic rings. The number of likely N-dealkylation sites (N-methyl/N-ethyl adjacent to an activating group) is 1. The Hall–Kier alpha value is -0.160. The number of ether oxygens (including phenoxy) is 1. The lowest BCUT2D eigenvalue weighted by Gasteiger charge is -2.36. The van der Waals surface area contributed by atoms with Gasteiger partial charge in [-0.1, -0.05) is 19.8 Å². The first kappa shape index (κ1) is 16.2. The fourth-order valence-electron chi connectivity index (χ4n) is 3.82. The van der Waals surface area contributed by atoms with Crippen LogP contribution in [0, 0.1) is 5.41 Å². The maximum absolute atomic E-state index is 10.5. The monoisotopic (exact) mass is 284 g/mol. The van der Waals surface area contributed by atoms with Gasteiger partial charge in [-0.15, -0.1) is 0 Å². The number of hydrogen-bond acceptors (Lipinski definition) is 4. The van der Waals surface area contributed by atoms with Gasteiger partial charge in [-0.2, -0.15) is 0 Å². The van der Waals surface area contributed by atoms with Crippen LogP contribution in [0.1, 0.15) is 45.4 Å². The number of nitrogens with zero attached hydrogens (tertiary/aromatic N) is 1. The molecule has 0 aromatic rings. The molecule has 1 unspecified atom stereocenters. The summed E-state index contributed by atoms with van der Waals surface area (Å²) in [5, 5.41) is 14.1. The van der Waals surface area contributed by atoms with Crippen LogP contribution in [0.4, 0.5) is 0 Å². The second kappa shape index (κ2) is 7.21. The second-order valence-corrected chi connectivity index (χ2v) is 7.08. The van der Waals surface area contributed by atoms with E-state index in [0.717, 1.165) is 58.7 Å². The molecular weight excluding hydrogens is 252 g/mol.